The van der Waals surface area contributed by atoms with Gasteiger partial charge in [-0.05, 0) is 55.4 Å². The van der Waals surface area contributed by atoms with Crippen LogP contribution in [0, 0.1) is 19.8 Å². The smallest absolute Gasteiger partial charge is 0.0456 e. The summed E-state index contributed by atoms with van der Waals surface area (Å²) in [5.74, 6) is 0.625. The molecular weight excluding hydrogens is 218 g/mol. The van der Waals surface area contributed by atoms with E-state index in [-0.39, 0.29) is 6.04 Å². The first-order valence-electron chi connectivity index (χ1n) is 6.12. The molecule has 2 N–H and O–H groups in total. The predicted octanol–water partition coefficient (Wildman–Crippen LogP) is 4.15. The minimum Gasteiger partial charge on any atom is -0.324 e. The molecule has 16 heavy (non-hydrogen) atoms. The molecule has 1 aromatic rings. The van der Waals surface area contributed by atoms with Gasteiger partial charge in [-0.25, -0.2) is 0 Å². The van der Waals surface area contributed by atoms with Crippen LogP contribution in [0.4, 0.5) is 0 Å². The SMILES string of the molecule is Cc1cc(Cl)c(C(N)C2CCCC2)cc1C. The Morgan fingerprint density at radius 2 is 1.75 bits per heavy atom. The maximum atomic E-state index is 6.34. The molecule has 1 aromatic carbocycles. The van der Waals surface area contributed by atoms with Gasteiger partial charge in [0.2, 0.25) is 0 Å². The van der Waals surface area contributed by atoms with Gasteiger partial charge in [-0.15, -0.1) is 0 Å². The van der Waals surface area contributed by atoms with Crippen molar-refractivity contribution < 1.29 is 0 Å². The van der Waals surface area contributed by atoms with E-state index in [1.54, 1.807) is 0 Å². The fourth-order valence-corrected chi connectivity index (χ4v) is 2.97. The van der Waals surface area contributed by atoms with Gasteiger partial charge in [0.1, 0.15) is 0 Å². The number of hydrogen-bond donors (Lipinski definition) is 1. The Kier molecular flexibility index (Phi) is 3.56. The van der Waals surface area contributed by atoms with Crippen LogP contribution in [0.25, 0.3) is 0 Å². The van der Waals surface area contributed by atoms with Gasteiger partial charge in [-0.1, -0.05) is 30.5 Å². The summed E-state index contributed by atoms with van der Waals surface area (Å²) in [4.78, 5) is 0. The highest BCUT2D eigenvalue weighted by molar-refractivity contribution is 6.31. The van der Waals surface area contributed by atoms with E-state index in [1.807, 2.05) is 6.07 Å². The van der Waals surface area contributed by atoms with E-state index in [4.69, 9.17) is 17.3 Å². The van der Waals surface area contributed by atoms with Crippen LogP contribution in [0.1, 0.15) is 48.4 Å². The van der Waals surface area contributed by atoms with Crippen molar-refractivity contribution >= 4 is 11.6 Å². The van der Waals surface area contributed by atoms with Gasteiger partial charge in [0, 0.05) is 11.1 Å². The van der Waals surface area contributed by atoms with Crippen LogP contribution in [-0.4, -0.2) is 0 Å². The van der Waals surface area contributed by atoms with Crippen LogP contribution >= 0.6 is 11.6 Å². The summed E-state index contributed by atoms with van der Waals surface area (Å²) in [7, 11) is 0. The molecule has 1 atom stereocenters. The summed E-state index contributed by atoms with van der Waals surface area (Å²) in [6.45, 7) is 4.21. The maximum Gasteiger partial charge on any atom is 0.0456 e. The topological polar surface area (TPSA) is 26.0 Å². The Balaban J connectivity index is 2.28. The van der Waals surface area contributed by atoms with Crippen molar-refractivity contribution in [2.75, 3.05) is 0 Å². The van der Waals surface area contributed by atoms with E-state index < -0.39 is 0 Å². The van der Waals surface area contributed by atoms with Gasteiger partial charge in [0.15, 0.2) is 0 Å². The molecule has 0 bridgehead atoms. The van der Waals surface area contributed by atoms with Crippen molar-refractivity contribution in [2.24, 2.45) is 11.7 Å². The van der Waals surface area contributed by atoms with E-state index in [1.165, 1.54) is 36.8 Å². The van der Waals surface area contributed by atoms with Gasteiger partial charge in [-0.2, -0.15) is 0 Å². The molecule has 2 rings (SSSR count). The second kappa shape index (κ2) is 4.77. The summed E-state index contributed by atoms with van der Waals surface area (Å²) in [5.41, 5.74) is 10.00. The third-order valence-electron chi connectivity index (χ3n) is 3.88. The minimum atomic E-state index is 0.120. The Bertz CT molecular complexity index is 381. The highest BCUT2D eigenvalue weighted by atomic mass is 35.5. The monoisotopic (exact) mass is 237 g/mol. The van der Waals surface area contributed by atoms with Crippen LogP contribution in [0.3, 0.4) is 0 Å². The molecule has 0 aromatic heterocycles. The molecule has 1 fully saturated rings. The Morgan fingerprint density at radius 1 is 1.19 bits per heavy atom. The molecule has 0 saturated heterocycles. The first-order chi connectivity index (χ1) is 7.59. The molecule has 0 heterocycles. The molecule has 88 valence electrons. The molecule has 1 nitrogen and oxygen atoms in total. The fourth-order valence-electron chi connectivity index (χ4n) is 2.63. The lowest BCUT2D eigenvalue weighted by Gasteiger charge is -2.21. The third-order valence-corrected chi connectivity index (χ3v) is 4.21. The zero-order valence-electron chi connectivity index (χ0n) is 10.1. The lowest BCUT2D eigenvalue weighted by molar-refractivity contribution is 0.445. The average Bonchev–Trinajstić information content (AvgIpc) is 2.75. The highest BCUT2D eigenvalue weighted by Gasteiger charge is 2.24. The summed E-state index contributed by atoms with van der Waals surface area (Å²) in [6.07, 6.45) is 5.15. The summed E-state index contributed by atoms with van der Waals surface area (Å²) in [6, 6.07) is 4.33. The maximum absolute atomic E-state index is 6.34. The predicted molar refractivity (Wildman–Crippen MR) is 69.8 cm³/mol. The normalized spacial score (nSPS) is 19.0. The highest BCUT2D eigenvalue weighted by Crippen LogP contribution is 2.37. The van der Waals surface area contributed by atoms with Crippen molar-refractivity contribution in [3.63, 3.8) is 0 Å². The van der Waals surface area contributed by atoms with Gasteiger partial charge >= 0.3 is 0 Å². The Morgan fingerprint density at radius 3 is 2.38 bits per heavy atom. The van der Waals surface area contributed by atoms with Crippen molar-refractivity contribution in [3.05, 3.63) is 33.8 Å². The number of nitrogens with two attached hydrogens (primary N) is 1. The summed E-state index contributed by atoms with van der Waals surface area (Å²) in [5, 5.41) is 0.836. The van der Waals surface area contributed by atoms with Crippen LogP contribution in [0.2, 0.25) is 5.02 Å². The van der Waals surface area contributed by atoms with Crippen LogP contribution in [0.5, 0.6) is 0 Å². The van der Waals surface area contributed by atoms with Gasteiger partial charge in [0.25, 0.3) is 0 Å². The zero-order chi connectivity index (χ0) is 11.7. The van der Waals surface area contributed by atoms with Crippen molar-refractivity contribution in [3.8, 4) is 0 Å². The first-order valence-corrected chi connectivity index (χ1v) is 6.49. The minimum absolute atomic E-state index is 0.120. The zero-order valence-corrected chi connectivity index (χ0v) is 10.8. The number of aryl methyl sites for hydroxylation is 2. The van der Waals surface area contributed by atoms with Crippen molar-refractivity contribution in [2.45, 2.75) is 45.6 Å². The lowest BCUT2D eigenvalue weighted by atomic mass is 9.91. The van der Waals surface area contributed by atoms with Gasteiger partial charge < -0.3 is 5.73 Å². The lowest BCUT2D eigenvalue weighted by Crippen LogP contribution is -2.19. The number of hydrogen-bond acceptors (Lipinski definition) is 1. The Labute approximate surface area is 103 Å². The average molecular weight is 238 g/mol. The number of rotatable bonds is 2. The molecule has 0 radical (unpaired) electrons. The summed E-state index contributed by atoms with van der Waals surface area (Å²) >= 11 is 6.29. The molecule has 1 unspecified atom stereocenters. The molecule has 1 saturated carbocycles. The Hall–Kier alpha value is -0.530. The molecule has 0 spiro atoms. The summed E-state index contributed by atoms with van der Waals surface area (Å²) < 4.78 is 0. The number of benzene rings is 1. The quantitative estimate of drug-likeness (QED) is 0.822. The molecular formula is C14H20ClN. The molecule has 0 aliphatic heterocycles. The molecule has 1 aliphatic carbocycles. The van der Waals surface area contributed by atoms with Gasteiger partial charge in [0.05, 0.1) is 0 Å². The van der Waals surface area contributed by atoms with Crippen molar-refractivity contribution in [1.29, 1.82) is 0 Å². The molecule has 1 aliphatic rings. The van der Waals surface area contributed by atoms with E-state index in [2.05, 4.69) is 19.9 Å². The van der Waals surface area contributed by atoms with E-state index >= 15 is 0 Å². The second-order valence-electron chi connectivity index (χ2n) is 5.03. The van der Waals surface area contributed by atoms with E-state index in [9.17, 15) is 0 Å². The third kappa shape index (κ3) is 2.26. The largest absolute Gasteiger partial charge is 0.324 e. The van der Waals surface area contributed by atoms with Crippen molar-refractivity contribution in [1.82, 2.24) is 0 Å². The second-order valence-corrected chi connectivity index (χ2v) is 5.44. The standard InChI is InChI=1S/C14H20ClN/c1-9-7-12(13(15)8-10(9)2)14(16)11-5-3-4-6-11/h7-8,11,14H,3-6,16H2,1-2H3. The van der Waals surface area contributed by atoms with Crippen LogP contribution in [0.15, 0.2) is 12.1 Å². The number of halogens is 1. The van der Waals surface area contributed by atoms with Crippen LogP contribution in [-0.2, 0) is 0 Å². The van der Waals surface area contributed by atoms with E-state index in [0.717, 1.165) is 10.6 Å². The van der Waals surface area contributed by atoms with Gasteiger partial charge in [-0.3, -0.25) is 0 Å². The van der Waals surface area contributed by atoms with Crippen LogP contribution < -0.4 is 5.73 Å². The fraction of sp³-hybridized carbons (Fsp3) is 0.571. The van der Waals surface area contributed by atoms with E-state index in [0.29, 0.717) is 5.92 Å². The molecule has 2 heteroatoms. The first kappa shape index (κ1) is 11.9. The molecule has 0 amide bonds.